The highest BCUT2D eigenvalue weighted by atomic mass is 32.2. The molecule has 1 aromatic rings. The summed E-state index contributed by atoms with van der Waals surface area (Å²) >= 11 is 2.57. The number of nitrogens with zero attached hydrogens (tertiary/aromatic N) is 1. The first-order chi connectivity index (χ1) is 13.7. The highest BCUT2D eigenvalue weighted by Gasteiger charge is 2.55. The van der Waals surface area contributed by atoms with Crippen LogP contribution >= 0.6 is 23.1 Å². The van der Waals surface area contributed by atoms with Crippen LogP contribution in [0.3, 0.4) is 0 Å². The van der Waals surface area contributed by atoms with E-state index in [0.29, 0.717) is 12.8 Å². The fourth-order valence-corrected chi connectivity index (χ4v) is 6.17. The van der Waals surface area contributed by atoms with E-state index in [1.54, 1.807) is 0 Å². The van der Waals surface area contributed by atoms with Gasteiger partial charge in [0.2, 0.25) is 5.91 Å². The number of rotatable bonds is 9. The third-order valence-electron chi connectivity index (χ3n) is 4.34. The van der Waals surface area contributed by atoms with Crippen molar-refractivity contribution >= 4 is 51.0 Å². The predicted octanol–water partition coefficient (Wildman–Crippen LogP) is 1.13. The van der Waals surface area contributed by atoms with Crippen molar-refractivity contribution in [2.24, 2.45) is 0 Å². The Bertz CT molecular complexity index is 940. The molecule has 0 radical (unpaired) electrons. The monoisotopic (exact) mass is 460 g/mol. The third-order valence-corrected chi connectivity index (χ3v) is 7.72. The summed E-state index contributed by atoms with van der Waals surface area (Å²) in [5.41, 5.74) is -0.484. The molecule has 1 aromatic heterocycles. The highest BCUT2D eigenvalue weighted by molar-refractivity contribution is 8.00. The number of hydrogen-bond donors (Lipinski definition) is 2. The Morgan fingerprint density at radius 2 is 2.17 bits per heavy atom. The molecule has 9 nitrogen and oxygen atoms in total. The van der Waals surface area contributed by atoms with Crippen LogP contribution in [0.4, 0.5) is 0 Å². The maximum atomic E-state index is 12.5. The van der Waals surface area contributed by atoms with Crippen LogP contribution in [0, 0.1) is 0 Å². The molecule has 0 spiro atoms. The minimum absolute atomic E-state index is 0.0290. The molecule has 2 aliphatic rings. The number of thiophene rings is 1. The van der Waals surface area contributed by atoms with Crippen LogP contribution in [0.15, 0.2) is 29.0 Å². The molecular weight excluding hydrogens is 440 g/mol. The zero-order chi connectivity index (χ0) is 21.2. The number of carbonyl (C=O) groups is 3. The third kappa shape index (κ3) is 4.75. The van der Waals surface area contributed by atoms with Crippen molar-refractivity contribution in [1.29, 1.82) is 0 Å². The molecule has 2 aliphatic heterocycles. The molecule has 1 fully saturated rings. The summed E-state index contributed by atoms with van der Waals surface area (Å²) in [6, 6.07) is 2.77. The van der Waals surface area contributed by atoms with Crippen molar-refractivity contribution in [2.45, 2.75) is 37.6 Å². The second kappa shape index (κ2) is 8.76. The molecule has 12 heteroatoms. The molecule has 2 atom stereocenters. The number of β-lactam (4-membered cyclic amide) rings is 1. The zero-order valence-electron chi connectivity index (χ0n) is 15.5. The van der Waals surface area contributed by atoms with E-state index < -0.39 is 39.1 Å². The van der Waals surface area contributed by atoms with Crippen molar-refractivity contribution < 1.29 is 32.1 Å². The number of amides is 2. The molecule has 0 bridgehead atoms. The van der Waals surface area contributed by atoms with Gasteiger partial charge in [-0.1, -0.05) is 19.4 Å². The quantitative estimate of drug-likeness (QED) is 0.414. The van der Waals surface area contributed by atoms with Crippen molar-refractivity contribution in [2.75, 3.05) is 11.5 Å². The lowest BCUT2D eigenvalue weighted by atomic mass is 10.0. The van der Waals surface area contributed by atoms with E-state index in [1.807, 2.05) is 24.4 Å². The Morgan fingerprint density at radius 1 is 1.41 bits per heavy atom. The standard InChI is InChI=1S/C17H20N2O7S3/c1-2-3-7-29(24,25)26-11-9-28-16-13(15(21)19(16)14(11)17(22)23)18-12(20)8-10-5-4-6-27-10/h4-6,13,16H,2-3,7-9H2,1H3,(H,18,20)(H,22,23)/t13?,16-/m1/s1. The normalized spacial score (nSPS) is 21.4. The smallest absolute Gasteiger partial charge is 0.356 e. The van der Waals surface area contributed by atoms with Crippen LogP contribution in [0.1, 0.15) is 24.6 Å². The van der Waals surface area contributed by atoms with E-state index in [4.69, 9.17) is 4.18 Å². The Kier molecular flexibility index (Phi) is 6.54. The molecule has 158 valence electrons. The number of aliphatic carboxylic acids is 1. The summed E-state index contributed by atoms with van der Waals surface area (Å²) < 4.78 is 29.1. The first kappa shape index (κ1) is 21.7. The number of nitrogens with one attached hydrogen (secondary N) is 1. The molecule has 0 saturated carbocycles. The number of carboxylic acids is 1. The Labute approximate surface area is 176 Å². The maximum Gasteiger partial charge on any atom is 0.356 e. The van der Waals surface area contributed by atoms with Crippen LogP contribution in [-0.2, 0) is 35.1 Å². The van der Waals surface area contributed by atoms with E-state index in [9.17, 15) is 27.9 Å². The lowest BCUT2D eigenvalue weighted by Gasteiger charge is -2.48. The van der Waals surface area contributed by atoms with E-state index in [2.05, 4.69) is 5.32 Å². The van der Waals surface area contributed by atoms with Gasteiger partial charge in [0.15, 0.2) is 11.5 Å². The van der Waals surface area contributed by atoms with E-state index in [1.165, 1.54) is 11.3 Å². The average molecular weight is 461 g/mol. The van der Waals surface area contributed by atoms with Gasteiger partial charge in [0.05, 0.1) is 17.9 Å². The number of thioether (sulfide) groups is 1. The van der Waals surface area contributed by atoms with Crippen LogP contribution in [-0.4, -0.2) is 59.1 Å². The van der Waals surface area contributed by atoms with Crippen molar-refractivity contribution in [3.8, 4) is 0 Å². The molecule has 3 heterocycles. The van der Waals surface area contributed by atoms with Gasteiger partial charge in [0.25, 0.3) is 5.91 Å². The van der Waals surface area contributed by atoms with Crippen LogP contribution in [0.5, 0.6) is 0 Å². The minimum Gasteiger partial charge on any atom is -0.476 e. The number of hydrogen-bond acceptors (Lipinski definition) is 8. The number of carboxylic acid groups (broad SMARTS) is 1. The van der Waals surface area contributed by atoms with Gasteiger partial charge < -0.3 is 14.6 Å². The number of unbranched alkanes of at least 4 members (excludes halogenated alkanes) is 1. The lowest BCUT2D eigenvalue weighted by molar-refractivity contribution is -0.151. The van der Waals surface area contributed by atoms with Crippen LogP contribution in [0.25, 0.3) is 0 Å². The number of carbonyl (C=O) groups excluding carboxylic acids is 2. The average Bonchev–Trinajstić information content (AvgIpc) is 3.16. The van der Waals surface area contributed by atoms with E-state index in [-0.39, 0.29) is 29.6 Å². The zero-order valence-corrected chi connectivity index (χ0v) is 17.9. The lowest BCUT2D eigenvalue weighted by Crippen LogP contribution is -2.70. The van der Waals surface area contributed by atoms with Gasteiger partial charge in [-0.05, 0) is 17.9 Å². The molecule has 1 unspecified atom stereocenters. The molecule has 2 amide bonds. The van der Waals surface area contributed by atoms with Crippen LogP contribution < -0.4 is 5.32 Å². The minimum atomic E-state index is -3.95. The number of fused-ring (bicyclic) bond motifs is 1. The fraction of sp³-hybridized carbons (Fsp3) is 0.471. The highest BCUT2D eigenvalue weighted by Crippen LogP contribution is 2.41. The Hall–Kier alpha value is -2.05. The molecule has 2 N–H and O–H groups in total. The van der Waals surface area contributed by atoms with Gasteiger partial charge in [-0.3, -0.25) is 14.5 Å². The summed E-state index contributed by atoms with van der Waals surface area (Å²) in [4.78, 5) is 38.3. The van der Waals surface area contributed by atoms with Crippen LogP contribution in [0.2, 0.25) is 0 Å². The van der Waals surface area contributed by atoms with Crippen molar-refractivity contribution in [3.05, 3.63) is 33.8 Å². The maximum absolute atomic E-state index is 12.5. The molecule has 1 saturated heterocycles. The summed E-state index contributed by atoms with van der Waals surface area (Å²) in [6.45, 7) is 1.82. The fourth-order valence-electron chi connectivity index (χ4n) is 2.97. The second-order valence-corrected chi connectivity index (χ2v) is 10.3. The van der Waals surface area contributed by atoms with Gasteiger partial charge in [-0.15, -0.1) is 23.1 Å². The topological polar surface area (TPSA) is 130 Å². The SMILES string of the molecule is CCCCS(=O)(=O)OC1=C(C(=O)O)N2C(=O)C(NC(=O)Cc3cccs3)[C@H]2SC1. The molecule has 0 aliphatic carbocycles. The Balaban J connectivity index is 1.72. The van der Waals surface area contributed by atoms with Gasteiger partial charge >= 0.3 is 16.1 Å². The van der Waals surface area contributed by atoms with Gasteiger partial charge in [0, 0.05) is 4.88 Å². The van der Waals surface area contributed by atoms with Crippen molar-refractivity contribution in [1.82, 2.24) is 10.2 Å². The first-order valence-electron chi connectivity index (χ1n) is 8.88. The van der Waals surface area contributed by atoms with Gasteiger partial charge in [-0.25, -0.2) is 4.79 Å². The molecule has 29 heavy (non-hydrogen) atoms. The second-order valence-electron chi connectivity index (χ2n) is 6.49. The summed E-state index contributed by atoms with van der Waals surface area (Å²) in [5.74, 6) is -2.93. The summed E-state index contributed by atoms with van der Waals surface area (Å²) in [6.07, 6.45) is 1.15. The molecule has 0 aromatic carbocycles. The summed E-state index contributed by atoms with van der Waals surface area (Å²) in [5, 5.41) is 13.4. The van der Waals surface area contributed by atoms with Gasteiger partial charge in [0.1, 0.15) is 11.4 Å². The first-order valence-corrected chi connectivity index (χ1v) is 12.4. The molecule has 3 rings (SSSR count). The predicted molar refractivity (Wildman–Crippen MR) is 107 cm³/mol. The van der Waals surface area contributed by atoms with E-state index >= 15 is 0 Å². The van der Waals surface area contributed by atoms with Gasteiger partial charge in [-0.2, -0.15) is 8.42 Å². The largest absolute Gasteiger partial charge is 0.476 e. The van der Waals surface area contributed by atoms with Crippen molar-refractivity contribution in [3.63, 3.8) is 0 Å². The van der Waals surface area contributed by atoms with E-state index in [0.717, 1.165) is 21.5 Å². The Morgan fingerprint density at radius 3 is 2.79 bits per heavy atom. The molecular formula is C17H20N2O7S3. The summed E-state index contributed by atoms with van der Waals surface area (Å²) in [7, 11) is -3.95.